The molecule has 0 radical (unpaired) electrons. The maximum absolute atomic E-state index is 12.4. The Bertz CT molecular complexity index is 1080. The summed E-state index contributed by atoms with van der Waals surface area (Å²) in [5.74, 6) is 0.437. The summed E-state index contributed by atoms with van der Waals surface area (Å²) < 4.78 is 5.40. The fourth-order valence-corrected chi connectivity index (χ4v) is 3.70. The molecule has 0 amide bonds. The Kier molecular flexibility index (Phi) is 5.66. The number of rotatable bonds is 4. The Morgan fingerprint density at radius 2 is 1.69 bits per heavy atom. The molecule has 2 aromatic carbocycles. The molecule has 3 aromatic rings. The second-order valence-electron chi connectivity index (χ2n) is 7.03. The van der Waals surface area contributed by atoms with Gasteiger partial charge in [0.05, 0.1) is 5.69 Å². The summed E-state index contributed by atoms with van der Waals surface area (Å²) in [6.45, 7) is 4.09. The quantitative estimate of drug-likeness (QED) is 0.652. The summed E-state index contributed by atoms with van der Waals surface area (Å²) in [5.41, 5.74) is 2.11. The highest BCUT2D eigenvalue weighted by Gasteiger charge is 2.22. The second-order valence-corrected chi connectivity index (χ2v) is 7.46. The minimum absolute atomic E-state index is 0.0548. The first-order valence-electron chi connectivity index (χ1n) is 9.49. The van der Waals surface area contributed by atoms with Gasteiger partial charge in [0, 0.05) is 49.4 Å². The first-order chi connectivity index (χ1) is 14.1. The minimum atomic E-state index is -0.610. The van der Waals surface area contributed by atoms with Gasteiger partial charge in [0.2, 0.25) is 0 Å². The van der Waals surface area contributed by atoms with Crippen molar-refractivity contribution in [3.8, 4) is 17.4 Å². The first kappa shape index (κ1) is 19.3. The molecule has 0 spiro atoms. The van der Waals surface area contributed by atoms with Crippen LogP contribution < -0.4 is 10.5 Å². The van der Waals surface area contributed by atoms with E-state index >= 15 is 0 Å². The average molecular weight is 406 g/mol. The lowest BCUT2D eigenvalue weighted by Gasteiger charge is -2.36. The van der Waals surface area contributed by atoms with Gasteiger partial charge in [0.1, 0.15) is 11.8 Å². The van der Waals surface area contributed by atoms with Crippen LogP contribution in [0.2, 0.25) is 5.02 Å². The zero-order chi connectivity index (χ0) is 20.2. The van der Waals surface area contributed by atoms with Crippen LogP contribution in [0.15, 0.2) is 69.9 Å². The molecular formula is C23H20ClN3O2. The molecule has 1 fully saturated rings. The molecule has 0 bridgehead atoms. The second kappa shape index (κ2) is 8.52. The molecular weight excluding hydrogens is 386 g/mol. The van der Waals surface area contributed by atoms with Gasteiger partial charge in [-0.3, -0.25) is 4.90 Å². The maximum atomic E-state index is 12.4. The number of halogens is 1. The predicted octanol–water partition coefficient (Wildman–Crippen LogP) is 4.15. The number of benzene rings is 2. The summed E-state index contributed by atoms with van der Waals surface area (Å²) >= 11 is 5.95. The zero-order valence-electron chi connectivity index (χ0n) is 15.8. The number of piperazine rings is 1. The summed E-state index contributed by atoms with van der Waals surface area (Å²) in [4.78, 5) is 16.9. The van der Waals surface area contributed by atoms with Crippen molar-refractivity contribution >= 4 is 17.3 Å². The Morgan fingerprint density at radius 1 is 1.00 bits per heavy atom. The third kappa shape index (κ3) is 4.34. The van der Waals surface area contributed by atoms with E-state index in [1.54, 1.807) is 30.3 Å². The van der Waals surface area contributed by atoms with Crippen LogP contribution in [0.1, 0.15) is 11.1 Å². The van der Waals surface area contributed by atoms with E-state index in [0.717, 1.165) is 38.3 Å². The fraction of sp³-hybridized carbons (Fsp3) is 0.217. The van der Waals surface area contributed by atoms with Crippen molar-refractivity contribution in [2.75, 3.05) is 31.1 Å². The monoisotopic (exact) mass is 405 g/mol. The SMILES string of the molecule is N#Cc1c(N2CCN(Cc3ccccc3)CC2)cc(-c2ccc(Cl)cc2)oc1=O. The molecule has 0 atom stereocenters. The van der Waals surface area contributed by atoms with Crippen molar-refractivity contribution in [3.63, 3.8) is 0 Å². The zero-order valence-corrected chi connectivity index (χ0v) is 16.6. The van der Waals surface area contributed by atoms with Gasteiger partial charge in [0.15, 0.2) is 5.56 Å². The van der Waals surface area contributed by atoms with Gasteiger partial charge >= 0.3 is 5.63 Å². The molecule has 2 heterocycles. The summed E-state index contributed by atoms with van der Waals surface area (Å²) in [6, 6.07) is 21.3. The van der Waals surface area contributed by atoms with Crippen LogP contribution in [0.4, 0.5) is 5.69 Å². The van der Waals surface area contributed by atoms with Crippen molar-refractivity contribution in [1.29, 1.82) is 5.26 Å². The van der Waals surface area contributed by atoms with Crippen molar-refractivity contribution in [2.24, 2.45) is 0 Å². The third-order valence-corrected chi connectivity index (χ3v) is 5.39. The largest absolute Gasteiger partial charge is 0.422 e. The Labute approximate surface area is 174 Å². The van der Waals surface area contributed by atoms with Gasteiger partial charge in [-0.25, -0.2) is 4.79 Å². The van der Waals surface area contributed by atoms with E-state index in [1.807, 2.05) is 24.3 Å². The standard InChI is InChI=1S/C23H20ClN3O2/c24-19-8-6-18(7-9-19)22-14-21(20(15-25)23(28)29-22)27-12-10-26(11-13-27)16-17-4-2-1-3-5-17/h1-9,14H,10-13,16H2. The van der Waals surface area contributed by atoms with Crippen LogP contribution in [0.25, 0.3) is 11.3 Å². The number of nitriles is 1. The van der Waals surface area contributed by atoms with Crippen molar-refractivity contribution in [2.45, 2.75) is 6.54 Å². The van der Waals surface area contributed by atoms with Crippen LogP contribution in [0.3, 0.4) is 0 Å². The number of anilines is 1. The molecule has 146 valence electrons. The number of nitrogens with zero attached hydrogens (tertiary/aromatic N) is 3. The highest BCUT2D eigenvalue weighted by atomic mass is 35.5. The molecule has 5 nitrogen and oxygen atoms in total. The van der Waals surface area contributed by atoms with E-state index in [9.17, 15) is 10.1 Å². The molecule has 0 saturated carbocycles. The van der Waals surface area contributed by atoms with E-state index in [-0.39, 0.29) is 5.56 Å². The third-order valence-electron chi connectivity index (χ3n) is 5.13. The van der Waals surface area contributed by atoms with Gasteiger partial charge in [-0.1, -0.05) is 41.9 Å². The molecule has 29 heavy (non-hydrogen) atoms. The van der Waals surface area contributed by atoms with Crippen LogP contribution >= 0.6 is 11.6 Å². The van der Waals surface area contributed by atoms with Crippen LogP contribution in [0.5, 0.6) is 0 Å². The van der Waals surface area contributed by atoms with Crippen LogP contribution in [-0.2, 0) is 6.54 Å². The molecule has 0 unspecified atom stereocenters. The highest BCUT2D eigenvalue weighted by Crippen LogP contribution is 2.27. The first-order valence-corrected chi connectivity index (χ1v) is 9.87. The van der Waals surface area contributed by atoms with Crippen molar-refractivity contribution in [1.82, 2.24) is 4.90 Å². The van der Waals surface area contributed by atoms with Crippen molar-refractivity contribution in [3.05, 3.63) is 87.2 Å². The van der Waals surface area contributed by atoms with E-state index in [4.69, 9.17) is 16.0 Å². The lowest BCUT2D eigenvalue weighted by Crippen LogP contribution is -2.46. The molecule has 6 heteroatoms. The molecule has 1 aliphatic rings. The molecule has 1 aromatic heterocycles. The van der Waals surface area contributed by atoms with Gasteiger partial charge in [-0.05, 0) is 29.8 Å². The number of hydrogen-bond acceptors (Lipinski definition) is 5. The molecule has 0 aliphatic carbocycles. The van der Waals surface area contributed by atoms with E-state index < -0.39 is 5.63 Å². The van der Waals surface area contributed by atoms with Gasteiger partial charge in [-0.15, -0.1) is 0 Å². The topological polar surface area (TPSA) is 60.5 Å². The predicted molar refractivity (Wildman–Crippen MR) is 114 cm³/mol. The molecule has 4 rings (SSSR count). The highest BCUT2D eigenvalue weighted by molar-refractivity contribution is 6.30. The lowest BCUT2D eigenvalue weighted by molar-refractivity contribution is 0.249. The van der Waals surface area contributed by atoms with Crippen LogP contribution in [0, 0.1) is 11.3 Å². The van der Waals surface area contributed by atoms with Gasteiger partial charge < -0.3 is 9.32 Å². The Hall–Kier alpha value is -3.07. The van der Waals surface area contributed by atoms with E-state index in [2.05, 4.69) is 21.9 Å². The lowest BCUT2D eigenvalue weighted by atomic mass is 10.1. The van der Waals surface area contributed by atoms with Crippen LogP contribution in [-0.4, -0.2) is 31.1 Å². The van der Waals surface area contributed by atoms with Gasteiger partial charge in [-0.2, -0.15) is 5.26 Å². The Morgan fingerprint density at radius 3 is 2.34 bits per heavy atom. The van der Waals surface area contributed by atoms with Gasteiger partial charge in [0.25, 0.3) is 0 Å². The molecule has 1 saturated heterocycles. The van der Waals surface area contributed by atoms with E-state index in [0.29, 0.717) is 16.5 Å². The summed E-state index contributed by atoms with van der Waals surface area (Å²) in [7, 11) is 0. The van der Waals surface area contributed by atoms with Crippen molar-refractivity contribution < 1.29 is 4.42 Å². The molecule has 1 aliphatic heterocycles. The maximum Gasteiger partial charge on any atom is 0.356 e. The normalized spacial score (nSPS) is 14.6. The smallest absolute Gasteiger partial charge is 0.356 e. The number of hydrogen-bond donors (Lipinski definition) is 0. The average Bonchev–Trinajstić information content (AvgIpc) is 2.75. The Balaban J connectivity index is 1.56. The summed E-state index contributed by atoms with van der Waals surface area (Å²) in [5, 5.41) is 10.1. The minimum Gasteiger partial charge on any atom is -0.422 e. The fourth-order valence-electron chi connectivity index (χ4n) is 3.58. The summed E-state index contributed by atoms with van der Waals surface area (Å²) in [6.07, 6.45) is 0. The van der Waals surface area contributed by atoms with E-state index in [1.165, 1.54) is 5.56 Å². The molecule has 0 N–H and O–H groups in total.